The molecule has 0 aliphatic rings. The standard InChI is InChI=1S/C17H14N2O4/c1-23-17(22)16(21)14(15(20)12-8-4-2-5-9-12)19-18-13-10-6-3-7-11-13/h2-11,18H,1H3/b19-14+. The fourth-order valence-corrected chi connectivity index (χ4v) is 1.75. The van der Waals surface area contributed by atoms with Crippen LogP contribution in [0.1, 0.15) is 10.4 Å². The molecule has 2 aromatic carbocycles. The van der Waals surface area contributed by atoms with Gasteiger partial charge in [-0.1, -0.05) is 48.5 Å². The molecule has 0 saturated heterocycles. The van der Waals surface area contributed by atoms with Gasteiger partial charge in [0, 0.05) is 5.56 Å². The number of para-hydroxylation sites is 1. The van der Waals surface area contributed by atoms with Crippen LogP contribution in [0.15, 0.2) is 65.8 Å². The molecule has 0 radical (unpaired) electrons. The molecule has 0 aromatic heterocycles. The average molecular weight is 310 g/mol. The molecule has 23 heavy (non-hydrogen) atoms. The molecular formula is C17H14N2O4. The highest BCUT2D eigenvalue weighted by atomic mass is 16.5. The highest BCUT2D eigenvalue weighted by Gasteiger charge is 2.28. The summed E-state index contributed by atoms with van der Waals surface area (Å²) in [5.74, 6) is -2.92. The lowest BCUT2D eigenvalue weighted by atomic mass is 10.0. The Morgan fingerprint density at radius 2 is 1.48 bits per heavy atom. The van der Waals surface area contributed by atoms with Crippen molar-refractivity contribution in [3.05, 3.63) is 66.2 Å². The summed E-state index contributed by atoms with van der Waals surface area (Å²) >= 11 is 0. The molecule has 2 rings (SSSR count). The average Bonchev–Trinajstić information content (AvgIpc) is 2.62. The number of hydrogen-bond donors (Lipinski definition) is 1. The van der Waals surface area contributed by atoms with Crippen LogP contribution in [0.2, 0.25) is 0 Å². The van der Waals surface area contributed by atoms with E-state index in [0.717, 1.165) is 7.11 Å². The van der Waals surface area contributed by atoms with E-state index in [1.165, 1.54) is 12.1 Å². The first kappa shape index (κ1) is 16.1. The van der Waals surface area contributed by atoms with E-state index >= 15 is 0 Å². The summed E-state index contributed by atoms with van der Waals surface area (Å²) in [5, 5.41) is 3.81. The summed E-state index contributed by atoms with van der Waals surface area (Å²) in [5.41, 5.74) is 2.88. The Labute approximate surface area is 132 Å². The lowest BCUT2D eigenvalue weighted by Gasteiger charge is -2.05. The molecular weight excluding hydrogens is 296 g/mol. The molecule has 116 valence electrons. The maximum atomic E-state index is 12.4. The van der Waals surface area contributed by atoms with Crippen molar-refractivity contribution in [3.8, 4) is 0 Å². The monoisotopic (exact) mass is 310 g/mol. The Kier molecular flexibility index (Phi) is 5.35. The lowest BCUT2D eigenvalue weighted by molar-refractivity contribution is -0.148. The first-order valence-electron chi connectivity index (χ1n) is 6.74. The van der Waals surface area contributed by atoms with Gasteiger partial charge in [-0.3, -0.25) is 15.0 Å². The fourth-order valence-electron chi connectivity index (χ4n) is 1.75. The number of anilines is 1. The third-order valence-corrected chi connectivity index (χ3v) is 2.91. The molecule has 0 unspecified atom stereocenters. The highest BCUT2D eigenvalue weighted by molar-refractivity contribution is 6.80. The molecule has 1 N–H and O–H groups in total. The van der Waals surface area contributed by atoms with Crippen molar-refractivity contribution < 1.29 is 19.1 Å². The van der Waals surface area contributed by atoms with Crippen molar-refractivity contribution in [1.82, 2.24) is 0 Å². The third kappa shape index (κ3) is 4.10. The van der Waals surface area contributed by atoms with Gasteiger partial charge in [0.1, 0.15) is 0 Å². The molecule has 0 saturated carbocycles. The number of esters is 1. The summed E-state index contributed by atoms with van der Waals surface area (Å²) in [4.78, 5) is 35.9. The summed E-state index contributed by atoms with van der Waals surface area (Å²) in [6.07, 6.45) is 0. The maximum Gasteiger partial charge on any atom is 0.381 e. The number of Topliss-reactive ketones (excluding diaryl/α,β-unsaturated/α-hetero) is 2. The molecule has 6 nitrogen and oxygen atoms in total. The van der Waals surface area contributed by atoms with Gasteiger partial charge in [0.25, 0.3) is 5.78 Å². The number of nitrogens with zero attached hydrogens (tertiary/aromatic N) is 1. The molecule has 0 fully saturated rings. The van der Waals surface area contributed by atoms with Crippen LogP contribution in [0.4, 0.5) is 5.69 Å². The number of ketones is 2. The first-order valence-corrected chi connectivity index (χ1v) is 6.74. The summed E-state index contributed by atoms with van der Waals surface area (Å²) in [7, 11) is 1.06. The fraction of sp³-hybridized carbons (Fsp3) is 0.0588. The number of hydrazone groups is 1. The highest BCUT2D eigenvalue weighted by Crippen LogP contribution is 2.07. The zero-order valence-corrected chi connectivity index (χ0v) is 12.4. The Hall–Kier alpha value is -3.28. The number of rotatable bonds is 6. The van der Waals surface area contributed by atoms with Gasteiger partial charge in [0.15, 0.2) is 5.71 Å². The van der Waals surface area contributed by atoms with Gasteiger partial charge in [-0.05, 0) is 12.1 Å². The van der Waals surface area contributed by atoms with E-state index in [1.807, 2.05) is 6.07 Å². The number of carbonyl (C=O) groups excluding carboxylic acids is 3. The van der Waals surface area contributed by atoms with Gasteiger partial charge in [0.05, 0.1) is 12.8 Å². The molecule has 0 aliphatic carbocycles. The number of carbonyl (C=O) groups is 3. The van der Waals surface area contributed by atoms with E-state index in [2.05, 4.69) is 15.3 Å². The van der Waals surface area contributed by atoms with Gasteiger partial charge >= 0.3 is 5.97 Å². The molecule has 0 bridgehead atoms. The zero-order chi connectivity index (χ0) is 16.7. The van der Waals surface area contributed by atoms with Crippen LogP contribution in [0.3, 0.4) is 0 Å². The van der Waals surface area contributed by atoms with Crippen molar-refractivity contribution in [2.24, 2.45) is 5.10 Å². The van der Waals surface area contributed by atoms with Crippen molar-refractivity contribution in [3.63, 3.8) is 0 Å². The zero-order valence-electron chi connectivity index (χ0n) is 12.4. The molecule has 2 aromatic rings. The van der Waals surface area contributed by atoms with Crippen LogP contribution >= 0.6 is 0 Å². The quantitative estimate of drug-likeness (QED) is 0.220. The van der Waals surface area contributed by atoms with Gasteiger partial charge in [0.2, 0.25) is 5.78 Å². The third-order valence-electron chi connectivity index (χ3n) is 2.91. The van der Waals surface area contributed by atoms with Crippen molar-refractivity contribution in [2.45, 2.75) is 0 Å². The topological polar surface area (TPSA) is 84.8 Å². The van der Waals surface area contributed by atoms with Crippen LogP contribution in [-0.4, -0.2) is 30.4 Å². The lowest BCUT2D eigenvalue weighted by Crippen LogP contribution is -2.32. The molecule has 0 aliphatic heterocycles. The number of hydrogen-bond acceptors (Lipinski definition) is 6. The Morgan fingerprint density at radius 1 is 0.913 bits per heavy atom. The SMILES string of the molecule is COC(=O)C(=O)/C(=N/Nc1ccccc1)C(=O)c1ccccc1. The number of methoxy groups -OCH3 is 1. The minimum atomic E-state index is -1.15. The predicted octanol–water partition coefficient (Wildman–Crippen LogP) is 2.08. The van der Waals surface area contributed by atoms with Crippen LogP contribution in [0.5, 0.6) is 0 Å². The van der Waals surface area contributed by atoms with Gasteiger partial charge in [-0.25, -0.2) is 4.79 Å². The Morgan fingerprint density at radius 3 is 2.04 bits per heavy atom. The van der Waals surface area contributed by atoms with E-state index in [9.17, 15) is 14.4 Å². The molecule has 0 amide bonds. The van der Waals surface area contributed by atoms with E-state index in [4.69, 9.17) is 0 Å². The molecule has 0 spiro atoms. The Bertz CT molecular complexity index is 740. The van der Waals surface area contributed by atoms with Gasteiger partial charge in [-0.2, -0.15) is 5.10 Å². The number of nitrogens with one attached hydrogen (secondary N) is 1. The Balaban J connectivity index is 2.33. The van der Waals surface area contributed by atoms with E-state index in [-0.39, 0.29) is 5.56 Å². The van der Waals surface area contributed by atoms with Crippen LogP contribution in [0.25, 0.3) is 0 Å². The second-order valence-corrected chi connectivity index (χ2v) is 4.45. The summed E-state index contributed by atoms with van der Waals surface area (Å²) in [6, 6.07) is 16.8. The normalized spacial score (nSPS) is 10.7. The van der Waals surface area contributed by atoms with E-state index < -0.39 is 23.2 Å². The van der Waals surface area contributed by atoms with Crippen molar-refractivity contribution in [2.75, 3.05) is 12.5 Å². The van der Waals surface area contributed by atoms with Crippen molar-refractivity contribution in [1.29, 1.82) is 0 Å². The smallest absolute Gasteiger partial charge is 0.381 e. The molecule has 0 atom stereocenters. The second-order valence-electron chi connectivity index (χ2n) is 4.45. The largest absolute Gasteiger partial charge is 0.463 e. The number of benzene rings is 2. The van der Waals surface area contributed by atoms with Gasteiger partial charge in [-0.15, -0.1) is 0 Å². The molecule has 0 heterocycles. The van der Waals surface area contributed by atoms with Crippen LogP contribution < -0.4 is 5.43 Å². The first-order chi connectivity index (χ1) is 11.1. The summed E-state index contributed by atoms with van der Waals surface area (Å²) < 4.78 is 4.38. The maximum absolute atomic E-state index is 12.4. The van der Waals surface area contributed by atoms with Crippen molar-refractivity contribution >= 4 is 28.9 Å². The van der Waals surface area contributed by atoms with E-state index in [1.54, 1.807) is 42.5 Å². The van der Waals surface area contributed by atoms with Crippen LogP contribution in [0, 0.1) is 0 Å². The molecule has 6 heteroatoms. The summed E-state index contributed by atoms with van der Waals surface area (Å²) in [6.45, 7) is 0. The van der Waals surface area contributed by atoms with E-state index in [0.29, 0.717) is 5.69 Å². The second kappa shape index (κ2) is 7.65. The van der Waals surface area contributed by atoms with Crippen LogP contribution in [-0.2, 0) is 14.3 Å². The minimum absolute atomic E-state index is 0.248. The minimum Gasteiger partial charge on any atom is -0.463 e. The van der Waals surface area contributed by atoms with Gasteiger partial charge < -0.3 is 4.74 Å². The predicted molar refractivity (Wildman–Crippen MR) is 85.3 cm³/mol. The number of ether oxygens (including phenoxy) is 1.